The molecule has 7 rings (SSSR count). The van der Waals surface area contributed by atoms with Gasteiger partial charge in [0.25, 0.3) is 0 Å². The zero-order chi connectivity index (χ0) is 33.3. The number of imidazole rings is 1. The van der Waals surface area contributed by atoms with E-state index in [4.69, 9.17) is 16.6 Å². The number of rotatable bonds is 4. The molecule has 2 aliphatic heterocycles. The Labute approximate surface area is 271 Å². The van der Waals surface area contributed by atoms with Crippen LogP contribution in [0, 0.1) is 11.6 Å². The number of aromatic amines is 1. The van der Waals surface area contributed by atoms with Gasteiger partial charge >= 0.3 is 5.97 Å². The minimum atomic E-state index is -1.04. The lowest BCUT2D eigenvalue weighted by atomic mass is 10.2. The number of fused-ring (bicyclic) bond motifs is 1. The van der Waals surface area contributed by atoms with Gasteiger partial charge in [-0.3, -0.25) is 0 Å². The molecular weight excluding hydrogens is 606 g/mol. The molecule has 0 aliphatic carbocycles. The molecular formula is C33H38F2N10O2. The summed E-state index contributed by atoms with van der Waals surface area (Å²) in [6, 6.07) is 18.7. The minimum absolute atomic E-state index is 0.0985. The second-order valence-electron chi connectivity index (χ2n) is 11.1. The van der Waals surface area contributed by atoms with Gasteiger partial charge in [-0.15, -0.1) is 0 Å². The number of likely N-dealkylation sites (N-methyl/N-ethyl adjacent to an activating group) is 1. The third kappa shape index (κ3) is 8.89. The lowest BCUT2D eigenvalue weighted by Gasteiger charge is -2.33. The molecule has 0 amide bonds. The number of halogens is 2. The predicted molar refractivity (Wildman–Crippen MR) is 180 cm³/mol. The number of nitrogens with one attached hydrogen (secondary N) is 2. The van der Waals surface area contributed by atoms with Crippen molar-refractivity contribution >= 4 is 40.3 Å². The quantitative estimate of drug-likeness (QED) is 0.194. The summed E-state index contributed by atoms with van der Waals surface area (Å²) in [5, 5.41) is 11.7. The summed E-state index contributed by atoms with van der Waals surface area (Å²) < 4.78 is 25.2. The van der Waals surface area contributed by atoms with Crippen molar-refractivity contribution in [3.63, 3.8) is 0 Å². The Morgan fingerprint density at radius 3 is 1.94 bits per heavy atom. The zero-order valence-electron chi connectivity index (χ0n) is 26.0. The molecule has 0 spiro atoms. The summed E-state index contributed by atoms with van der Waals surface area (Å²) in [6.07, 6.45) is 0. The van der Waals surface area contributed by atoms with Crippen LogP contribution in [-0.2, 0) is 0 Å². The Bertz CT molecular complexity index is 1770. The third-order valence-electron chi connectivity index (χ3n) is 7.75. The van der Waals surface area contributed by atoms with Gasteiger partial charge in [-0.1, -0.05) is 0 Å². The van der Waals surface area contributed by atoms with Gasteiger partial charge in [-0.2, -0.15) is 0 Å². The average molecular weight is 645 g/mol. The number of nitrogens with zero attached hydrogens (tertiary/aromatic N) is 6. The average Bonchev–Trinajstić information content (AvgIpc) is 3.52. The monoisotopic (exact) mass is 644 g/mol. The normalized spacial score (nSPS) is 15.0. The highest BCUT2D eigenvalue weighted by Crippen LogP contribution is 2.23. The fourth-order valence-electron chi connectivity index (χ4n) is 4.98. The van der Waals surface area contributed by atoms with Gasteiger partial charge in [0.1, 0.15) is 34.9 Å². The molecule has 5 aromatic rings. The summed E-state index contributed by atoms with van der Waals surface area (Å²) in [4.78, 5) is 33.7. The molecule has 0 radical (unpaired) electrons. The number of carboxylic acid groups (broad SMARTS) is 1. The highest BCUT2D eigenvalue weighted by atomic mass is 19.1. The molecule has 0 saturated carbocycles. The summed E-state index contributed by atoms with van der Waals surface area (Å²) in [7, 11) is 2.13. The van der Waals surface area contributed by atoms with Crippen LogP contribution in [0.5, 0.6) is 0 Å². The smallest absolute Gasteiger partial charge is 0.335 e. The van der Waals surface area contributed by atoms with Crippen LogP contribution in [-0.4, -0.2) is 95.3 Å². The maximum Gasteiger partial charge on any atom is 0.335 e. The summed E-state index contributed by atoms with van der Waals surface area (Å²) in [6.45, 7) is 7.96. The van der Waals surface area contributed by atoms with E-state index in [1.54, 1.807) is 12.1 Å². The maximum atomic E-state index is 13.0. The molecule has 0 atom stereocenters. The number of pyridine rings is 2. The maximum absolute atomic E-state index is 13.0. The number of hydrogen-bond acceptors (Lipinski definition) is 10. The lowest BCUT2D eigenvalue weighted by molar-refractivity contribution is 0.0697. The Balaban J connectivity index is 0.000000150. The first-order valence-electron chi connectivity index (χ1n) is 15.2. The van der Waals surface area contributed by atoms with E-state index in [2.05, 4.69) is 47.0 Å². The first-order valence-corrected chi connectivity index (χ1v) is 15.2. The Morgan fingerprint density at radius 1 is 0.745 bits per heavy atom. The van der Waals surface area contributed by atoms with Gasteiger partial charge in [0, 0.05) is 57.9 Å². The molecule has 5 heterocycles. The standard InChI is InChI=1S/C16H16FN5.C10H17N5.C7H5FO2/c17-12-3-1-11(2-4-12)15-19-13-5-6-14(20-16(13)21-15)22-9-7-18-8-10-22;1-14-4-6-15(7-5-14)9-3-2-8(11)10(12)13-9;8-6-3-1-5(2-4-6)7(9)10/h1-6,18H,7-10H2,(H,19,20,21);2-3H,4-7,11H2,1H3,(H2,12,13);1-4H,(H,9,10). The number of carbonyl (C=O) groups is 1. The van der Waals surface area contributed by atoms with Crippen LogP contribution in [0.1, 0.15) is 10.4 Å². The number of H-pyrrole nitrogens is 1. The number of piperazine rings is 2. The molecule has 14 heteroatoms. The van der Waals surface area contributed by atoms with E-state index < -0.39 is 11.8 Å². The largest absolute Gasteiger partial charge is 0.478 e. The number of anilines is 4. The van der Waals surface area contributed by atoms with Gasteiger partial charge in [-0.25, -0.2) is 28.5 Å². The van der Waals surface area contributed by atoms with E-state index in [1.807, 2.05) is 24.3 Å². The minimum Gasteiger partial charge on any atom is -0.478 e. The second-order valence-corrected chi connectivity index (χ2v) is 11.1. The zero-order valence-corrected chi connectivity index (χ0v) is 26.0. The van der Waals surface area contributed by atoms with Crippen molar-refractivity contribution in [2.45, 2.75) is 0 Å². The molecule has 0 bridgehead atoms. The fraction of sp³-hybridized carbons (Fsp3) is 0.273. The molecule has 246 valence electrons. The van der Waals surface area contributed by atoms with Crippen molar-refractivity contribution in [1.29, 1.82) is 0 Å². The Hall–Kier alpha value is -5.34. The van der Waals surface area contributed by atoms with Gasteiger partial charge in [-0.05, 0) is 79.8 Å². The van der Waals surface area contributed by atoms with E-state index in [0.717, 1.165) is 87.2 Å². The van der Waals surface area contributed by atoms with Crippen molar-refractivity contribution in [1.82, 2.24) is 30.2 Å². The number of aromatic carboxylic acids is 1. The van der Waals surface area contributed by atoms with Crippen molar-refractivity contribution in [3.05, 3.63) is 90.0 Å². The molecule has 12 nitrogen and oxygen atoms in total. The van der Waals surface area contributed by atoms with E-state index in [0.29, 0.717) is 23.0 Å². The summed E-state index contributed by atoms with van der Waals surface area (Å²) in [5.74, 6) is 1.29. The predicted octanol–water partition coefficient (Wildman–Crippen LogP) is 3.70. The van der Waals surface area contributed by atoms with Gasteiger partial charge in [0.2, 0.25) is 0 Å². The van der Waals surface area contributed by atoms with Gasteiger partial charge < -0.3 is 41.6 Å². The van der Waals surface area contributed by atoms with Crippen molar-refractivity contribution in [2.75, 3.05) is 80.7 Å². The molecule has 0 unspecified atom stereocenters. The lowest BCUT2D eigenvalue weighted by Crippen LogP contribution is -2.44. The summed E-state index contributed by atoms with van der Waals surface area (Å²) >= 11 is 0. The molecule has 2 aliphatic rings. The number of nitrogens with two attached hydrogens (primary N) is 2. The number of benzene rings is 2. The van der Waals surface area contributed by atoms with Crippen LogP contribution in [0.2, 0.25) is 0 Å². The second kappa shape index (κ2) is 15.3. The molecule has 3 aromatic heterocycles. The van der Waals surface area contributed by atoms with Crippen LogP contribution in [0.25, 0.3) is 22.6 Å². The SMILES string of the molecule is CN1CCN(c2ccc(N)c(N)n2)CC1.Fc1ccc(-c2nc3nc(N4CCNCC4)ccc3[nH]2)cc1.O=C(O)c1ccc(F)cc1. The number of carboxylic acids is 1. The van der Waals surface area contributed by atoms with E-state index in [1.165, 1.54) is 24.3 Å². The molecule has 2 saturated heterocycles. The first kappa shape index (κ1) is 33.0. The number of aromatic nitrogens is 4. The van der Waals surface area contributed by atoms with Crippen LogP contribution in [0.3, 0.4) is 0 Å². The van der Waals surface area contributed by atoms with Crippen molar-refractivity contribution < 1.29 is 18.7 Å². The van der Waals surface area contributed by atoms with Crippen LogP contribution >= 0.6 is 0 Å². The Kier molecular flexibility index (Phi) is 10.8. The molecule has 2 fully saturated rings. The van der Waals surface area contributed by atoms with E-state index >= 15 is 0 Å². The first-order chi connectivity index (χ1) is 22.7. The molecule has 47 heavy (non-hydrogen) atoms. The summed E-state index contributed by atoms with van der Waals surface area (Å²) in [5.41, 5.74) is 14.4. The fourth-order valence-corrected chi connectivity index (χ4v) is 4.98. The van der Waals surface area contributed by atoms with E-state index in [9.17, 15) is 13.6 Å². The highest BCUT2D eigenvalue weighted by molar-refractivity contribution is 5.87. The third-order valence-corrected chi connectivity index (χ3v) is 7.75. The molecule has 7 N–H and O–H groups in total. The Morgan fingerprint density at radius 2 is 1.32 bits per heavy atom. The van der Waals surface area contributed by atoms with Crippen molar-refractivity contribution in [2.24, 2.45) is 0 Å². The van der Waals surface area contributed by atoms with Gasteiger partial charge in [0.05, 0.1) is 16.8 Å². The molecule has 2 aromatic carbocycles. The van der Waals surface area contributed by atoms with Crippen LogP contribution < -0.4 is 26.6 Å². The van der Waals surface area contributed by atoms with Crippen molar-refractivity contribution in [3.8, 4) is 11.4 Å². The van der Waals surface area contributed by atoms with Gasteiger partial charge in [0.15, 0.2) is 5.65 Å². The number of nitrogen functional groups attached to an aromatic ring is 2. The topological polar surface area (TPSA) is 166 Å². The highest BCUT2D eigenvalue weighted by Gasteiger charge is 2.16. The van der Waals surface area contributed by atoms with E-state index in [-0.39, 0.29) is 11.4 Å². The number of hydrogen-bond donors (Lipinski definition) is 5. The van der Waals surface area contributed by atoms with Crippen LogP contribution in [0.15, 0.2) is 72.8 Å². The van der Waals surface area contributed by atoms with Crippen LogP contribution in [0.4, 0.5) is 31.9 Å².